The number of carbonyl (C=O) groups excluding carboxylic acids is 1. The number of carbonyl (C=O) groups is 1. The van der Waals surface area contributed by atoms with Crippen LogP contribution in [-0.2, 0) is 12.8 Å². The van der Waals surface area contributed by atoms with Crippen LogP contribution in [0.15, 0.2) is 54.6 Å². The van der Waals surface area contributed by atoms with E-state index in [1.54, 1.807) is 29.2 Å². The first-order chi connectivity index (χ1) is 16.1. The number of hydrogen-bond donors (Lipinski definition) is 1. The van der Waals surface area contributed by atoms with Gasteiger partial charge in [0.15, 0.2) is 0 Å². The molecule has 2 heterocycles. The van der Waals surface area contributed by atoms with Crippen LogP contribution < -0.4 is 10.2 Å². The van der Waals surface area contributed by atoms with Crippen molar-refractivity contribution in [2.75, 3.05) is 36.4 Å². The number of nitrogens with zero attached hydrogens (tertiary/aromatic N) is 5. The summed E-state index contributed by atoms with van der Waals surface area (Å²) in [6.07, 6.45) is 1.64. The summed E-state index contributed by atoms with van der Waals surface area (Å²) in [7, 11) is 0. The van der Waals surface area contributed by atoms with E-state index in [4.69, 9.17) is 15.2 Å². The number of nitriles is 1. The van der Waals surface area contributed by atoms with E-state index in [0.717, 1.165) is 30.2 Å². The Bertz CT molecular complexity index is 1160. The molecule has 2 amide bonds. The van der Waals surface area contributed by atoms with Gasteiger partial charge in [-0.3, -0.25) is 0 Å². The molecule has 4 rings (SSSR count). The molecule has 1 aromatic heterocycles. The van der Waals surface area contributed by atoms with Crippen LogP contribution in [0.25, 0.3) is 0 Å². The third-order valence-electron chi connectivity index (χ3n) is 5.85. The van der Waals surface area contributed by atoms with Gasteiger partial charge < -0.3 is 15.1 Å². The second kappa shape index (κ2) is 10.1. The molecule has 7 heteroatoms. The molecule has 3 aromatic rings. The fraction of sp³-hybridized carbons (Fsp3) is 0.308. The molecular weight excluding hydrogens is 412 g/mol. The number of hydrogen-bond acceptors (Lipinski definition) is 5. The van der Waals surface area contributed by atoms with Gasteiger partial charge in [0.25, 0.3) is 0 Å². The van der Waals surface area contributed by atoms with Gasteiger partial charge in [-0.15, -0.1) is 0 Å². The molecule has 1 saturated heterocycles. The predicted octanol–water partition coefficient (Wildman–Crippen LogP) is 4.16. The third-order valence-corrected chi connectivity index (χ3v) is 5.85. The quantitative estimate of drug-likeness (QED) is 0.644. The van der Waals surface area contributed by atoms with Gasteiger partial charge in [-0.25, -0.2) is 14.8 Å². The number of piperazine rings is 1. The zero-order valence-corrected chi connectivity index (χ0v) is 19.1. The van der Waals surface area contributed by atoms with E-state index in [9.17, 15) is 4.79 Å². The molecule has 0 radical (unpaired) electrons. The van der Waals surface area contributed by atoms with Gasteiger partial charge in [-0.05, 0) is 37.1 Å². The Morgan fingerprint density at radius 3 is 2.52 bits per heavy atom. The minimum absolute atomic E-state index is 0.151. The zero-order valence-electron chi connectivity index (χ0n) is 19.1. The van der Waals surface area contributed by atoms with Crippen molar-refractivity contribution in [3.63, 3.8) is 0 Å². The number of amides is 2. The van der Waals surface area contributed by atoms with E-state index in [1.807, 2.05) is 13.0 Å². The maximum absolute atomic E-state index is 12.8. The average molecular weight is 441 g/mol. The molecule has 0 saturated carbocycles. The highest BCUT2D eigenvalue weighted by atomic mass is 16.2. The first-order valence-electron chi connectivity index (χ1n) is 11.3. The lowest BCUT2D eigenvalue weighted by molar-refractivity contribution is 0.208. The summed E-state index contributed by atoms with van der Waals surface area (Å²) in [6.45, 7) is 6.66. The largest absolute Gasteiger partial charge is 0.353 e. The highest BCUT2D eigenvalue weighted by Gasteiger charge is 2.25. The van der Waals surface area contributed by atoms with Crippen LogP contribution in [0.5, 0.6) is 0 Å². The van der Waals surface area contributed by atoms with Crippen molar-refractivity contribution >= 4 is 17.5 Å². The third kappa shape index (κ3) is 5.29. The summed E-state index contributed by atoms with van der Waals surface area (Å²) in [5.41, 5.74) is 4.64. The van der Waals surface area contributed by atoms with Crippen LogP contribution in [0.2, 0.25) is 0 Å². The second-order valence-corrected chi connectivity index (χ2v) is 8.13. The molecule has 33 heavy (non-hydrogen) atoms. The fourth-order valence-electron chi connectivity index (χ4n) is 4.16. The fourth-order valence-corrected chi connectivity index (χ4v) is 4.16. The number of benzene rings is 2. The molecular formula is C26H28N6O. The molecule has 1 fully saturated rings. The molecule has 1 aliphatic heterocycles. The van der Waals surface area contributed by atoms with Crippen LogP contribution in [-0.4, -0.2) is 47.1 Å². The first-order valence-corrected chi connectivity index (χ1v) is 11.3. The highest BCUT2D eigenvalue weighted by Crippen LogP contribution is 2.26. The van der Waals surface area contributed by atoms with Crippen LogP contribution in [0.3, 0.4) is 0 Å². The van der Waals surface area contributed by atoms with Crippen molar-refractivity contribution in [1.29, 1.82) is 5.26 Å². The lowest BCUT2D eigenvalue weighted by atomic mass is 10.0. The van der Waals surface area contributed by atoms with E-state index in [-0.39, 0.29) is 6.03 Å². The van der Waals surface area contributed by atoms with E-state index < -0.39 is 0 Å². The van der Waals surface area contributed by atoms with Crippen molar-refractivity contribution in [2.45, 2.75) is 26.7 Å². The lowest BCUT2D eigenvalue weighted by Crippen LogP contribution is -2.50. The Balaban J connectivity index is 1.48. The molecule has 168 valence electrons. The smallest absolute Gasteiger partial charge is 0.321 e. The van der Waals surface area contributed by atoms with Crippen molar-refractivity contribution in [3.05, 3.63) is 82.8 Å². The van der Waals surface area contributed by atoms with Gasteiger partial charge in [0, 0.05) is 49.5 Å². The number of urea groups is 1. The minimum Gasteiger partial charge on any atom is -0.353 e. The number of aromatic nitrogens is 2. The Labute approximate surface area is 194 Å². The molecule has 0 aliphatic carbocycles. The molecule has 2 aromatic carbocycles. The summed E-state index contributed by atoms with van der Waals surface area (Å²) in [6, 6.07) is 19.3. The minimum atomic E-state index is -0.151. The van der Waals surface area contributed by atoms with Crippen LogP contribution in [0, 0.1) is 18.3 Å². The van der Waals surface area contributed by atoms with Crippen LogP contribution in [0.4, 0.5) is 16.3 Å². The maximum Gasteiger partial charge on any atom is 0.321 e. The standard InChI is InChI=1S/C26H28N6O/c1-3-24-23(17-20-8-5-4-6-9-20)25(29-19(2)28-24)31-12-14-32(15-13-31)26(33)30-22-11-7-10-21(16-22)18-27/h4-11,16H,3,12-15,17H2,1-2H3,(H,30,33). The summed E-state index contributed by atoms with van der Waals surface area (Å²) in [4.78, 5) is 26.4. The summed E-state index contributed by atoms with van der Waals surface area (Å²) < 4.78 is 0. The van der Waals surface area contributed by atoms with Gasteiger partial charge >= 0.3 is 6.03 Å². The van der Waals surface area contributed by atoms with Crippen LogP contribution in [0.1, 0.15) is 35.1 Å². The zero-order chi connectivity index (χ0) is 23.2. The molecule has 1 aliphatic rings. The molecule has 0 atom stereocenters. The number of nitrogens with one attached hydrogen (secondary N) is 1. The highest BCUT2D eigenvalue weighted by molar-refractivity contribution is 5.89. The predicted molar refractivity (Wildman–Crippen MR) is 129 cm³/mol. The second-order valence-electron chi connectivity index (χ2n) is 8.13. The Morgan fingerprint density at radius 2 is 1.82 bits per heavy atom. The van der Waals surface area contributed by atoms with E-state index in [1.165, 1.54) is 11.1 Å². The van der Waals surface area contributed by atoms with Gasteiger partial charge in [-0.1, -0.05) is 43.3 Å². The van der Waals surface area contributed by atoms with Gasteiger partial charge in [-0.2, -0.15) is 5.26 Å². The Kier molecular flexibility index (Phi) is 6.84. The molecule has 1 N–H and O–H groups in total. The van der Waals surface area contributed by atoms with Gasteiger partial charge in [0.1, 0.15) is 11.6 Å². The Hall–Kier alpha value is -3.92. The number of anilines is 2. The topological polar surface area (TPSA) is 85.2 Å². The normalized spacial score (nSPS) is 13.5. The monoisotopic (exact) mass is 440 g/mol. The number of rotatable bonds is 5. The van der Waals surface area contributed by atoms with Crippen molar-refractivity contribution in [2.24, 2.45) is 0 Å². The summed E-state index contributed by atoms with van der Waals surface area (Å²) in [5.74, 6) is 1.75. The first kappa shape index (κ1) is 22.3. The van der Waals surface area contributed by atoms with Crippen molar-refractivity contribution < 1.29 is 4.79 Å². The van der Waals surface area contributed by atoms with Gasteiger partial charge in [0.05, 0.1) is 11.6 Å². The molecule has 0 bridgehead atoms. The summed E-state index contributed by atoms with van der Waals surface area (Å²) in [5, 5.41) is 12.0. The average Bonchev–Trinajstić information content (AvgIpc) is 2.85. The van der Waals surface area contributed by atoms with E-state index in [2.05, 4.69) is 47.5 Å². The summed E-state index contributed by atoms with van der Waals surface area (Å²) >= 11 is 0. The Morgan fingerprint density at radius 1 is 1.06 bits per heavy atom. The maximum atomic E-state index is 12.8. The van der Waals surface area contributed by atoms with Crippen molar-refractivity contribution in [3.8, 4) is 6.07 Å². The van der Waals surface area contributed by atoms with Crippen LogP contribution >= 0.6 is 0 Å². The molecule has 7 nitrogen and oxygen atoms in total. The molecule has 0 unspecified atom stereocenters. The van der Waals surface area contributed by atoms with E-state index in [0.29, 0.717) is 37.4 Å². The SMILES string of the molecule is CCc1nc(C)nc(N2CCN(C(=O)Nc3cccc(C#N)c3)CC2)c1Cc1ccccc1. The lowest BCUT2D eigenvalue weighted by Gasteiger charge is -2.36. The number of aryl methyl sites for hydroxylation is 2. The van der Waals surface area contributed by atoms with E-state index >= 15 is 0 Å². The van der Waals surface area contributed by atoms with Crippen molar-refractivity contribution in [1.82, 2.24) is 14.9 Å². The molecule has 0 spiro atoms. The van der Waals surface area contributed by atoms with Gasteiger partial charge in [0.2, 0.25) is 0 Å².